The molecule has 0 radical (unpaired) electrons. The molecule has 0 saturated heterocycles. The first-order valence-electron chi connectivity index (χ1n) is 3.09. The number of nitro benzene ring substituents is 1. The lowest BCUT2D eigenvalue weighted by molar-refractivity contribution is -0.384. The number of benzene rings is 1. The minimum Gasteiger partial charge on any atom is -0.478 e. The summed E-state index contributed by atoms with van der Waals surface area (Å²) >= 11 is 0. The molecule has 0 saturated carbocycles. The minimum atomic E-state index is -1.09. The predicted octanol–water partition coefficient (Wildman–Crippen LogP) is 1.71. The maximum Gasteiger partial charge on any atom is 0.335 e. The minimum absolute atomic E-state index is 0. The van der Waals surface area contributed by atoms with E-state index in [-0.39, 0.29) is 23.7 Å². The lowest BCUT2D eigenvalue weighted by Crippen LogP contribution is -1.96. The molecule has 0 atom stereocenters. The molecule has 0 spiro atoms. The maximum absolute atomic E-state index is 10.3. The van der Waals surface area contributed by atoms with Crippen LogP contribution in [0.3, 0.4) is 0 Å². The van der Waals surface area contributed by atoms with E-state index in [0.717, 1.165) is 12.1 Å². The van der Waals surface area contributed by atoms with Gasteiger partial charge in [0.25, 0.3) is 5.69 Å². The number of halogens is 1. The quantitative estimate of drug-likeness (QED) is 0.586. The SMILES string of the molecule is Cl.O=C(O)c1ccc([N+](=O)[O-])cc1. The third-order valence-electron chi connectivity index (χ3n) is 1.33. The average Bonchev–Trinajstić information content (AvgIpc) is 2.04. The van der Waals surface area contributed by atoms with Crippen LogP contribution in [0.4, 0.5) is 5.69 Å². The number of nitrogens with zero attached hydrogens (tertiary/aromatic N) is 1. The number of carbonyl (C=O) groups is 1. The van der Waals surface area contributed by atoms with Crippen molar-refractivity contribution in [1.29, 1.82) is 0 Å². The Kier molecular flexibility index (Phi) is 3.87. The summed E-state index contributed by atoms with van der Waals surface area (Å²) in [4.78, 5) is 19.9. The fourth-order valence-corrected chi connectivity index (χ4v) is 0.726. The van der Waals surface area contributed by atoms with E-state index in [4.69, 9.17) is 5.11 Å². The molecule has 0 aliphatic heterocycles. The molecule has 0 amide bonds. The molecule has 0 unspecified atom stereocenters. The fourth-order valence-electron chi connectivity index (χ4n) is 0.726. The molecular formula is C7H6ClNO4. The van der Waals surface area contributed by atoms with Gasteiger partial charge in [-0.2, -0.15) is 0 Å². The highest BCUT2D eigenvalue weighted by Gasteiger charge is 2.06. The molecule has 1 N–H and O–H groups in total. The van der Waals surface area contributed by atoms with Crippen LogP contribution in [-0.4, -0.2) is 16.0 Å². The lowest BCUT2D eigenvalue weighted by Gasteiger charge is -1.92. The normalized spacial score (nSPS) is 8.62. The van der Waals surface area contributed by atoms with E-state index in [0.29, 0.717) is 0 Å². The molecule has 0 heterocycles. The van der Waals surface area contributed by atoms with E-state index >= 15 is 0 Å². The third-order valence-corrected chi connectivity index (χ3v) is 1.33. The van der Waals surface area contributed by atoms with Crippen LogP contribution in [-0.2, 0) is 0 Å². The van der Waals surface area contributed by atoms with Crippen molar-refractivity contribution in [2.45, 2.75) is 0 Å². The van der Waals surface area contributed by atoms with Gasteiger partial charge in [-0.15, -0.1) is 12.4 Å². The topological polar surface area (TPSA) is 80.4 Å². The van der Waals surface area contributed by atoms with Crippen LogP contribution in [0.15, 0.2) is 24.3 Å². The summed E-state index contributed by atoms with van der Waals surface area (Å²) in [6, 6.07) is 4.70. The number of carboxylic acid groups (broad SMARTS) is 1. The summed E-state index contributed by atoms with van der Waals surface area (Å²) in [5.41, 5.74) is -0.0689. The van der Waals surface area contributed by atoms with Crippen LogP contribution in [0.1, 0.15) is 10.4 Å². The van der Waals surface area contributed by atoms with Crippen molar-refractivity contribution >= 4 is 24.1 Å². The van der Waals surface area contributed by atoms with E-state index in [9.17, 15) is 14.9 Å². The zero-order valence-corrected chi connectivity index (χ0v) is 7.15. The first kappa shape index (κ1) is 11.4. The Morgan fingerprint density at radius 2 is 1.77 bits per heavy atom. The Morgan fingerprint density at radius 1 is 1.31 bits per heavy atom. The molecule has 5 nitrogen and oxygen atoms in total. The monoisotopic (exact) mass is 203 g/mol. The van der Waals surface area contributed by atoms with Gasteiger partial charge in [0.05, 0.1) is 10.5 Å². The van der Waals surface area contributed by atoms with Crippen molar-refractivity contribution in [2.24, 2.45) is 0 Å². The van der Waals surface area contributed by atoms with E-state index in [1.54, 1.807) is 0 Å². The van der Waals surface area contributed by atoms with Crippen LogP contribution in [0.5, 0.6) is 0 Å². The summed E-state index contributed by atoms with van der Waals surface area (Å²) in [6.07, 6.45) is 0. The Labute approximate surface area is 79.6 Å². The lowest BCUT2D eigenvalue weighted by atomic mass is 10.2. The van der Waals surface area contributed by atoms with Crippen molar-refractivity contribution < 1.29 is 14.8 Å². The van der Waals surface area contributed by atoms with Crippen LogP contribution < -0.4 is 0 Å². The average molecular weight is 204 g/mol. The van der Waals surface area contributed by atoms with Gasteiger partial charge in [0.2, 0.25) is 0 Å². The van der Waals surface area contributed by atoms with Crippen molar-refractivity contribution in [2.75, 3.05) is 0 Å². The standard InChI is InChI=1S/C7H5NO4.ClH/c9-7(10)5-1-3-6(4-2-5)8(11)12;/h1-4H,(H,9,10);1H. The van der Waals surface area contributed by atoms with Crippen molar-refractivity contribution in [3.8, 4) is 0 Å². The number of aromatic carboxylic acids is 1. The molecule has 0 bridgehead atoms. The molecule has 0 aliphatic carbocycles. The summed E-state index contributed by atoms with van der Waals surface area (Å²) in [7, 11) is 0. The van der Waals surface area contributed by atoms with Crippen LogP contribution >= 0.6 is 12.4 Å². The predicted molar refractivity (Wildman–Crippen MR) is 47.3 cm³/mol. The Bertz CT molecular complexity index is 289. The van der Waals surface area contributed by atoms with Gasteiger partial charge in [0.1, 0.15) is 0 Å². The third kappa shape index (κ3) is 2.72. The first-order valence-corrected chi connectivity index (χ1v) is 3.09. The molecule has 0 fully saturated rings. The molecule has 13 heavy (non-hydrogen) atoms. The maximum atomic E-state index is 10.3. The Hall–Kier alpha value is -1.62. The highest BCUT2D eigenvalue weighted by molar-refractivity contribution is 5.87. The summed E-state index contributed by atoms with van der Waals surface area (Å²) < 4.78 is 0. The number of non-ortho nitro benzene ring substituents is 1. The second-order valence-corrected chi connectivity index (χ2v) is 2.11. The largest absolute Gasteiger partial charge is 0.478 e. The van der Waals surface area contributed by atoms with Crippen molar-refractivity contribution in [3.05, 3.63) is 39.9 Å². The molecular weight excluding hydrogens is 198 g/mol. The van der Waals surface area contributed by atoms with Gasteiger partial charge in [-0.05, 0) is 12.1 Å². The van der Waals surface area contributed by atoms with E-state index in [2.05, 4.69) is 0 Å². The number of nitro groups is 1. The highest BCUT2D eigenvalue weighted by atomic mass is 35.5. The van der Waals surface area contributed by atoms with Crippen LogP contribution in [0, 0.1) is 10.1 Å². The number of hydrogen-bond acceptors (Lipinski definition) is 3. The molecule has 1 aromatic carbocycles. The molecule has 0 aliphatic rings. The number of hydrogen-bond donors (Lipinski definition) is 1. The van der Waals surface area contributed by atoms with Gasteiger partial charge in [-0.25, -0.2) is 4.79 Å². The number of rotatable bonds is 2. The van der Waals surface area contributed by atoms with Gasteiger partial charge in [0.15, 0.2) is 0 Å². The van der Waals surface area contributed by atoms with E-state index in [1.165, 1.54) is 12.1 Å². The van der Waals surface area contributed by atoms with E-state index < -0.39 is 10.9 Å². The fraction of sp³-hybridized carbons (Fsp3) is 0. The molecule has 70 valence electrons. The van der Waals surface area contributed by atoms with Gasteiger partial charge in [-0.3, -0.25) is 10.1 Å². The summed E-state index contributed by atoms with van der Waals surface area (Å²) in [5, 5.41) is 18.6. The number of carboxylic acids is 1. The van der Waals surface area contributed by atoms with Crippen molar-refractivity contribution in [3.63, 3.8) is 0 Å². The Balaban J connectivity index is 0.00000144. The smallest absolute Gasteiger partial charge is 0.335 e. The highest BCUT2D eigenvalue weighted by Crippen LogP contribution is 2.11. The molecule has 0 aromatic heterocycles. The van der Waals surface area contributed by atoms with Crippen LogP contribution in [0.25, 0.3) is 0 Å². The summed E-state index contributed by atoms with van der Waals surface area (Å²) in [5.74, 6) is -1.09. The molecule has 6 heteroatoms. The van der Waals surface area contributed by atoms with Crippen molar-refractivity contribution in [1.82, 2.24) is 0 Å². The van der Waals surface area contributed by atoms with Crippen LogP contribution in [0.2, 0.25) is 0 Å². The molecule has 1 rings (SSSR count). The summed E-state index contributed by atoms with van der Waals surface area (Å²) in [6.45, 7) is 0. The van der Waals surface area contributed by atoms with Gasteiger partial charge in [-0.1, -0.05) is 0 Å². The zero-order valence-electron chi connectivity index (χ0n) is 6.34. The zero-order chi connectivity index (χ0) is 9.14. The first-order chi connectivity index (χ1) is 5.61. The second kappa shape index (κ2) is 4.42. The van der Waals surface area contributed by atoms with Gasteiger partial charge in [0, 0.05) is 12.1 Å². The van der Waals surface area contributed by atoms with Gasteiger partial charge < -0.3 is 5.11 Å². The second-order valence-electron chi connectivity index (χ2n) is 2.11. The van der Waals surface area contributed by atoms with E-state index in [1.807, 2.05) is 0 Å². The van der Waals surface area contributed by atoms with Gasteiger partial charge >= 0.3 is 5.97 Å². The Morgan fingerprint density at radius 3 is 2.08 bits per heavy atom. The molecule has 1 aromatic rings.